The maximum Gasteiger partial charge on any atom is 0.409 e. The Bertz CT molecular complexity index is 845. The van der Waals surface area contributed by atoms with Gasteiger partial charge in [-0.1, -0.05) is 26.0 Å². The van der Waals surface area contributed by atoms with Crippen LogP contribution in [0.15, 0.2) is 29.1 Å². The molecule has 8 heteroatoms. The molecule has 0 aliphatic heterocycles. The highest BCUT2D eigenvalue weighted by Gasteiger charge is 2.27. The fraction of sp³-hybridized carbons (Fsp3) is 0.389. The zero-order valence-corrected chi connectivity index (χ0v) is 15.3. The van der Waals surface area contributed by atoms with E-state index in [0.29, 0.717) is 10.5 Å². The third-order valence-electron chi connectivity index (χ3n) is 3.75. The quantitative estimate of drug-likeness (QED) is 0.568. The SMILES string of the molecule is COc1cccc(CNC(=O)c2[nH]c(=O)c(CC(C)C)[n+]([O-])c2OC)c1. The first-order chi connectivity index (χ1) is 12.4. The van der Waals surface area contributed by atoms with Gasteiger partial charge in [-0.3, -0.25) is 9.59 Å². The van der Waals surface area contributed by atoms with Crippen LogP contribution < -0.4 is 25.1 Å². The molecule has 0 aliphatic rings. The van der Waals surface area contributed by atoms with E-state index in [0.717, 1.165) is 5.56 Å². The minimum atomic E-state index is -0.609. The van der Waals surface area contributed by atoms with Gasteiger partial charge in [0.2, 0.25) is 5.69 Å². The van der Waals surface area contributed by atoms with E-state index in [1.54, 1.807) is 25.3 Å². The lowest BCUT2D eigenvalue weighted by Gasteiger charge is -2.12. The zero-order chi connectivity index (χ0) is 19.3. The maximum absolute atomic E-state index is 12.4. The summed E-state index contributed by atoms with van der Waals surface area (Å²) >= 11 is 0. The molecule has 2 rings (SSSR count). The number of H-pyrrole nitrogens is 1. The van der Waals surface area contributed by atoms with E-state index >= 15 is 0 Å². The van der Waals surface area contributed by atoms with Crippen molar-refractivity contribution in [3.63, 3.8) is 0 Å². The average Bonchev–Trinajstić information content (AvgIpc) is 2.62. The molecule has 1 aromatic heterocycles. The van der Waals surface area contributed by atoms with E-state index in [2.05, 4.69) is 10.3 Å². The molecule has 0 spiro atoms. The van der Waals surface area contributed by atoms with Crippen LogP contribution in [0.4, 0.5) is 0 Å². The summed E-state index contributed by atoms with van der Waals surface area (Å²) < 4.78 is 10.6. The predicted octanol–water partition coefficient (Wildman–Crippen LogP) is 1.15. The summed E-state index contributed by atoms with van der Waals surface area (Å²) in [5.41, 5.74) is 0.0237. The number of nitrogens with zero attached hydrogens (tertiary/aromatic N) is 1. The Morgan fingerprint density at radius 1 is 1.31 bits per heavy atom. The molecule has 0 radical (unpaired) electrons. The third kappa shape index (κ3) is 4.33. The van der Waals surface area contributed by atoms with Crippen LogP contribution >= 0.6 is 0 Å². The molecule has 140 valence electrons. The number of rotatable bonds is 7. The van der Waals surface area contributed by atoms with Crippen LogP contribution in [0.3, 0.4) is 0 Å². The number of aromatic nitrogens is 2. The van der Waals surface area contributed by atoms with Crippen molar-refractivity contribution in [1.82, 2.24) is 10.3 Å². The summed E-state index contributed by atoms with van der Waals surface area (Å²) in [5, 5.41) is 15.1. The van der Waals surface area contributed by atoms with E-state index in [1.165, 1.54) is 7.11 Å². The van der Waals surface area contributed by atoms with Gasteiger partial charge in [0.25, 0.3) is 11.6 Å². The van der Waals surface area contributed by atoms with Crippen molar-refractivity contribution < 1.29 is 19.0 Å². The molecule has 1 amide bonds. The van der Waals surface area contributed by atoms with Crippen molar-refractivity contribution in [2.75, 3.05) is 14.2 Å². The van der Waals surface area contributed by atoms with E-state index in [9.17, 15) is 14.8 Å². The molecule has 2 aromatic rings. The molecule has 8 nitrogen and oxygen atoms in total. The number of nitrogens with one attached hydrogen (secondary N) is 2. The summed E-state index contributed by atoms with van der Waals surface area (Å²) in [6, 6.07) is 7.19. The minimum absolute atomic E-state index is 0.0150. The molecule has 26 heavy (non-hydrogen) atoms. The number of aromatic amines is 1. The van der Waals surface area contributed by atoms with Gasteiger partial charge in [0.1, 0.15) is 5.75 Å². The molecular weight excluding hydrogens is 338 g/mol. The highest BCUT2D eigenvalue weighted by atomic mass is 16.5. The number of ether oxygens (including phenoxy) is 2. The van der Waals surface area contributed by atoms with Gasteiger partial charge >= 0.3 is 11.4 Å². The lowest BCUT2D eigenvalue weighted by Crippen LogP contribution is -2.44. The Morgan fingerprint density at radius 3 is 2.65 bits per heavy atom. The van der Waals surface area contributed by atoms with Gasteiger partial charge in [0, 0.05) is 13.0 Å². The number of carbonyl (C=O) groups excluding carboxylic acids is 1. The van der Waals surface area contributed by atoms with Crippen molar-refractivity contribution in [2.45, 2.75) is 26.8 Å². The largest absolute Gasteiger partial charge is 0.616 e. The van der Waals surface area contributed by atoms with Crippen molar-refractivity contribution in [3.8, 4) is 11.6 Å². The van der Waals surface area contributed by atoms with Gasteiger partial charge in [0.05, 0.1) is 14.2 Å². The van der Waals surface area contributed by atoms with Gasteiger partial charge in [-0.15, -0.1) is 4.73 Å². The Kier molecular flexibility index (Phi) is 6.21. The summed E-state index contributed by atoms with van der Waals surface area (Å²) in [4.78, 5) is 27.1. The molecule has 1 heterocycles. The number of hydrogen-bond donors (Lipinski definition) is 2. The number of methoxy groups -OCH3 is 2. The second-order valence-electron chi connectivity index (χ2n) is 6.21. The lowest BCUT2D eigenvalue weighted by atomic mass is 10.1. The van der Waals surface area contributed by atoms with Crippen LogP contribution in [-0.2, 0) is 13.0 Å². The fourth-order valence-corrected chi connectivity index (χ4v) is 2.51. The second-order valence-corrected chi connectivity index (χ2v) is 6.21. The van der Waals surface area contributed by atoms with Crippen LogP contribution in [0.2, 0.25) is 0 Å². The first-order valence-corrected chi connectivity index (χ1v) is 8.21. The van der Waals surface area contributed by atoms with Crippen molar-refractivity contribution in [1.29, 1.82) is 0 Å². The molecular formula is C18H23N3O5. The van der Waals surface area contributed by atoms with Gasteiger partial charge in [-0.2, -0.15) is 0 Å². The minimum Gasteiger partial charge on any atom is -0.616 e. The predicted molar refractivity (Wildman–Crippen MR) is 95.3 cm³/mol. The maximum atomic E-state index is 12.4. The molecule has 0 saturated heterocycles. The van der Waals surface area contributed by atoms with Crippen molar-refractivity contribution >= 4 is 5.91 Å². The smallest absolute Gasteiger partial charge is 0.409 e. The topological polar surface area (TPSA) is 107 Å². The summed E-state index contributed by atoms with van der Waals surface area (Å²) in [6.07, 6.45) is 0.279. The van der Waals surface area contributed by atoms with Crippen LogP contribution in [-0.4, -0.2) is 25.1 Å². The summed E-state index contributed by atoms with van der Waals surface area (Å²) in [6.45, 7) is 3.98. The van der Waals surface area contributed by atoms with Crippen LogP contribution in [0.25, 0.3) is 0 Å². The Balaban J connectivity index is 2.26. The van der Waals surface area contributed by atoms with E-state index in [-0.39, 0.29) is 36.2 Å². The number of carbonyl (C=O) groups is 1. The van der Waals surface area contributed by atoms with E-state index < -0.39 is 11.5 Å². The summed E-state index contributed by atoms with van der Waals surface area (Å²) in [7, 11) is 2.83. The van der Waals surface area contributed by atoms with Crippen molar-refractivity contribution in [2.24, 2.45) is 5.92 Å². The lowest BCUT2D eigenvalue weighted by molar-refractivity contribution is -0.622. The highest BCUT2D eigenvalue weighted by Crippen LogP contribution is 2.14. The van der Waals surface area contributed by atoms with Gasteiger partial charge in [-0.05, 0) is 23.6 Å². The molecule has 0 saturated carbocycles. The van der Waals surface area contributed by atoms with E-state index in [4.69, 9.17) is 9.47 Å². The molecule has 0 bridgehead atoms. The third-order valence-corrected chi connectivity index (χ3v) is 3.75. The second kappa shape index (κ2) is 8.37. The monoisotopic (exact) mass is 361 g/mol. The standard InChI is InChI=1S/C18H23N3O5/c1-11(2)8-14-16(22)20-15(18(26-4)21(14)24)17(23)19-10-12-6-5-7-13(9-12)25-3/h5-7,9,11H,8,10H2,1-4H3,(H,19,23)(H,20,22). The van der Waals surface area contributed by atoms with Crippen LogP contribution in [0.1, 0.15) is 35.6 Å². The van der Waals surface area contributed by atoms with Gasteiger partial charge in [-0.25, -0.2) is 0 Å². The molecule has 0 fully saturated rings. The summed E-state index contributed by atoms with van der Waals surface area (Å²) in [5.74, 6) is -0.0715. The van der Waals surface area contributed by atoms with Crippen LogP contribution in [0.5, 0.6) is 11.6 Å². The average molecular weight is 361 g/mol. The normalized spacial score (nSPS) is 10.7. The van der Waals surface area contributed by atoms with Gasteiger partial charge in [0.15, 0.2) is 0 Å². The van der Waals surface area contributed by atoms with Gasteiger partial charge < -0.3 is 25.0 Å². The zero-order valence-electron chi connectivity index (χ0n) is 15.3. The van der Waals surface area contributed by atoms with E-state index in [1.807, 2.05) is 19.9 Å². The van der Waals surface area contributed by atoms with Crippen LogP contribution in [0, 0.1) is 11.1 Å². The molecule has 1 aromatic carbocycles. The Labute approximate surface area is 151 Å². The number of amides is 1. The van der Waals surface area contributed by atoms with Crippen molar-refractivity contribution in [3.05, 3.63) is 56.8 Å². The molecule has 2 N–H and O–H groups in total. The first-order valence-electron chi connectivity index (χ1n) is 8.21. The Hall–Kier alpha value is -3.03. The molecule has 0 unspecified atom stereocenters. The molecule has 0 aliphatic carbocycles. The first kappa shape index (κ1) is 19.3. The highest BCUT2D eigenvalue weighted by molar-refractivity contribution is 5.93. The number of benzene rings is 1. The number of hydrogen-bond acceptors (Lipinski definition) is 5. The molecule has 0 atom stereocenters. The Morgan fingerprint density at radius 2 is 2.04 bits per heavy atom. The fourth-order valence-electron chi connectivity index (χ4n) is 2.51.